The molecule has 0 aliphatic carbocycles. The largest absolute Gasteiger partial charge is 0.478 e. The minimum absolute atomic E-state index is 0.00325. The highest BCUT2D eigenvalue weighted by Gasteiger charge is 2.16. The quantitative estimate of drug-likeness (QED) is 0.270. The summed E-state index contributed by atoms with van der Waals surface area (Å²) in [5.74, 6) is -1.57. The summed E-state index contributed by atoms with van der Waals surface area (Å²) in [5, 5.41) is 12.0. The Morgan fingerprint density at radius 2 is 2.18 bits per heavy atom. The Labute approximate surface area is 96.5 Å². The maximum Gasteiger partial charge on any atom is 0.337 e. The van der Waals surface area contributed by atoms with Crippen molar-refractivity contribution in [2.45, 2.75) is 13.0 Å². The SMILES string of the molecule is CC(N=[N+]=[N-])C(=O)c1ccc(C(=O)O)c(N)c1. The summed E-state index contributed by atoms with van der Waals surface area (Å²) in [6.45, 7) is 1.45. The molecule has 0 saturated carbocycles. The van der Waals surface area contributed by atoms with E-state index in [0.717, 1.165) is 0 Å². The third kappa shape index (κ3) is 2.73. The van der Waals surface area contributed by atoms with Gasteiger partial charge >= 0.3 is 5.97 Å². The smallest absolute Gasteiger partial charge is 0.337 e. The molecule has 7 nitrogen and oxygen atoms in total. The number of carbonyl (C=O) groups excluding carboxylic acids is 1. The van der Waals surface area contributed by atoms with Gasteiger partial charge in [0, 0.05) is 16.2 Å². The van der Waals surface area contributed by atoms with Crippen molar-refractivity contribution in [1.82, 2.24) is 0 Å². The van der Waals surface area contributed by atoms with Crippen molar-refractivity contribution in [3.05, 3.63) is 39.8 Å². The van der Waals surface area contributed by atoms with Crippen LogP contribution in [0.25, 0.3) is 10.4 Å². The Morgan fingerprint density at radius 1 is 1.53 bits per heavy atom. The van der Waals surface area contributed by atoms with Crippen LogP contribution in [0.15, 0.2) is 23.3 Å². The van der Waals surface area contributed by atoms with E-state index in [1.54, 1.807) is 0 Å². The molecule has 7 heteroatoms. The molecule has 0 fully saturated rings. The van der Waals surface area contributed by atoms with Crippen LogP contribution in [0.3, 0.4) is 0 Å². The molecule has 0 aromatic heterocycles. The number of rotatable bonds is 4. The van der Waals surface area contributed by atoms with Gasteiger partial charge in [0.15, 0.2) is 5.78 Å². The van der Waals surface area contributed by atoms with Crippen LogP contribution in [0.4, 0.5) is 5.69 Å². The number of hydrogen-bond acceptors (Lipinski definition) is 4. The fourth-order valence-electron chi connectivity index (χ4n) is 1.28. The maximum atomic E-state index is 11.7. The van der Waals surface area contributed by atoms with Gasteiger partial charge in [0.25, 0.3) is 0 Å². The van der Waals surface area contributed by atoms with Gasteiger partial charge in [-0.2, -0.15) is 0 Å². The molecular weight excluding hydrogens is 224 g/mol. The minimum Gasteiger partial charge on any atom is -0.478 e. The molecule has 0 aliphatic heterocycles. The van der Waals surface area contributed by atoms with Crippen molar-refractivity contribution in [1.29, 1.82) is 0 Å². The van der Waals surface area contributed by atoms with Crippen molar-refractivity contribution in [3.8, 4) is 0 Å². The van der Waals surface area contributed by atoms with Crippen LogP contribution in [0, 0.1) is 0 Å². The first-order valence-corrected chi connectivity index (χ1v) is 4.68. The zero-order valence-electron chi connectivity index (χ0n) is 8.99. The van der Waals surface area contributed by atoms with Crippen molar-refractivity contribution in [2.75, 3.05) is 5.73 Å². The molecule has 0 aliphatic rings. The van der Waals surface area contributed by atoms with Crippen molar-refractivity contribution < 1.29 is 14.7 Å². The van der Waals surface area contributed by atoms with Crippen LogP contribution in [-0.4, -0.2) is 22.9 Å². The summed E-state index contributed by atoms with van der Waals surface area (Å²) < 4.78 is 0. The molecule has 17 heavy (non-hydrogen) atoms. The highest BCUT2D eigenvalue weighted by molar-refractivity contribution is 6.02. The second-order valence-corrected chi connectivity index (χ2v) is 3.35. The molecule has 0 radical (unpaired) electrons. The predicted octanol–water partition coefficient (Wildman–Crippen LogP) is 1.85. The van der Waals surface area contributed by atoms with Gasteiger partial charge in [-0.1, -0.05) is 11.2 Å². The molecule has 0 bridgehead atoms. The molecule has 1 unspecified atom stereocenters. The van der Waals surface area contributed by atoms with E-state index in [2.05, 4.69) is 10.0 Å². The Balaban J connectivity index is 3.09. The van der Waals surface area contributed by atoms with Gasteiger partial charge in [-0.3, -0.25) is 4.79 Å². The number of carbonyl (C=O) groups is 2. The average Bonchev–Trinajstić information content (AvgIpc) is 2.27. The van der Waals surface area contributed by atoms with E-state index >= 15 is 0 Å². The highest BCUT2D eigenvalue weighted by Crippen LogP contribution is 2.16. The zero-order valence-corrected chi connectivity index (χ0v) is 8.99. The van der Waals surface area contributed by atoms with Crippen molar-refractivity contribution in [2.24, 2.45) is 5.11 Å². The van der Waals surface area contributed by atoms with E-state index in [1.807, 2.05) is 0 Å². The fourth-order valence-corrected chi connectivity index (χ4v) is 1.28. The molecule has 0 amide bonds. The normalized spacial score (nSPS) is 11.4. The van der Waals surface area contributed by atoms with Crippen LogP contribution in [0.1, 0.15) is 27.6 Å². The van der Waals surface area contributed by atoms with Crippen LogP contribution < -0.4 is 5.73 Å². The standard InChI is InChI=1S/C10H10N4O3/c1-5(13-14-12)9(15)6-2-3-7(10(16)17)8(11)4-6/h2-5H,11H2,1H3,(H,16,17). The summed E-state index contributed by atoms with van der Waals surface area (Å²) in [6, 6.07) is 2.99. The molecule has 0 saturated heterocycles. The Morgan fingerprint density at radius 3 is 2.65 bits per heavy atom. The summed E-state index contributed by atoms with van der Waals surface area (Å²) in [6.07, 6.45) is 0. The Bertz CT molecular complexity index is 520. The lowest BCUT2D eigenvalue weighted by Crippen LogP contribution is -2.15. The number of benzene rings is 1. The van der Waals surface area contributed by atoms with Gasteiger partial charge < -0.3 is 10.8 Å². The summed E-state index contributed by atoms with van der Waals surface area (Å²) in [7, 11) is 0. The molecule has 1 atom stereocenters. The molecule has 88 valence electrons. The number of nitrogens with two attached hydrogens (primary N) is 1. The third-order valence-electron chi connectivity index (χ3n) is 2.17. The lowest BCUT2D eigenvalue weighted by molar-refractivity contribution is 0.0697. The number of hydrogen-bond donors (Lipinski definition) is 2. The van der Waals surface area contributed by atoms with Crippen LogP contribution in [-0.2, 0) is 0 Å². The number of nitrogens with zero attached hydrogens (tertiary/aromatic N) is 3. The lowest BCUT2D eigenvalue weighted by atomic mass is 10.0. The summed E-state index contributed by atoms with van der Waals surface area (Å²) >= 11 is 0. The van der Waals surface area contributed by atoms with E-state index in [1.165, 1.54) is 25.1 Å². The number of aromatic carboxylic acids is 1. The van der Waals surface area contributed by atoms with Gasteiger partial charge in [-0.15, -0.1) is 0 Å². The number of nitrogen functional groups attached to an aromatic ring is 1. The van der Waals surface area contributed by atoms with Gasteiger partial charge in [0.05, 0.1) is 11.6 Å². The second kappa shape index (κ2) is 5.00. The summed E-state index contributed by atoms with van der Waals surface area (Å²) in [5.41, 5.74) is 13.8. The number of ketones is 1. The van der Waals surface area contributed by atoms with E-state index in [0.29, 0.717) is 0 Å². The van der Waals surface area contributed by atoms with Crippen LogP contribution in [0.5, 0.6) is 0 Å². The number of carboxylic acid groups (broad SMARTS) is 1. The van der Waals surface area contributed by atoms with E-state index in [4.69, 9.17) is 16.4 Å². The van der Waals surface area contributed by atoms with E-state index in [-0.39, 0.29) is 16.8 Å². The Hall–Kier alpha value is -2.53. The van der Waals surface area contributed by atoms with Crippen molar-refractivity contribution >= 4 is 17.4 Å². The van der Waals surface area contributed by atoms with E-state index < -0.39 is 17.8 Å². The van der Waals surface area contributed by atoms with Crippen LogP contribution in [0.2, 0.25) is 0 Å². The minimum atomic E-state index is -1.16. The molecule has 1 aromatic carbocycles. The number of Topliss-reactive ketones (excluding diaryl/α,β-unsaturated/α-hetero) is 1. The van der Waals surface area contributed by atoms with Gasteiger partial charge in [0.1, 0.15) is 0 Å². The van der Waals surface area contributed by atoms with Crippen LogP contribution >= 0.6 is 0 Å². The van der Waals surface area contributed by atoms with Gasteiger partial charge in [-0.05, 0) is 24.6 Å². The first-order valence-electron chi connectivity index (χ1n) is 4.68. The topological polar surface area (TPSA) is 129 Å². The van der Waals surface area contributed by atoms with E-state index in [9.17, 15) is 9.59 Å². The monoisotopic (exact) mass is 234 g/mol. The number of carboxylic acids is 1. The number of anilines is 1. The predicted molar refractivity (Wildman–Crippen MR) is 60.8 cm³/mol. The number of azide groups is 1. The molecule has 0 spiro atoms. The Kier molecular flexibility index (Phi) is 3.69. The average molecular weight is 234 g/mol. The highest BCUT2D eigenvalue weighted by atomic mass is 16.4. The molecule has 0 heterocycles. The van der Waals surface area contributed by atoms with Crippen molar-refractivity contribution in [3.63, 3.8) is 0 Å². The first-order chi connectivity index (χ1) is 7.97. The first kappa shape index (κ1) is 12.5. The summed E-state index contributed by atoms with van der Waals surface area (Å²) in [4.78, 5) is 24.9. The molecule has 3 N–H and O–H groups in total. The van der Waals surface area contributed by atoms with Gasteiger partial charge in [-0.25, -0.2) is 4.79 Å². The zero-order chi connectivity index (χ0) is 13.0. The molecular formula is C10H10N4O3. The third-order valence-corrected chi connectivity index (χ3v) is 2.17. The molecule has 1 aromatic rings. The lowest BCUT2D eigenvalue weighted by Gasteiger charge is -2.06. The molecule has 1 rings (SSSR count). The second-order valence-electron chi connectivity index (χ2n) is 3.35. The van der Waals surface area contributed by atoms with Gasteiger partial charge in [0.2, 0.25) is 0 Å². The fraction of sp³-hybridized carbons (Fsp3) is 0.200. The maximum absolute atomic E-state index is 11.7.